The second kappa shape index (κ2) is 9.49. The van der Waals surface area contributed by atoms with Gasteiger partial charge in [0.2, 0.25) is 11.8 Å². The van der Waals surface area contributed by atoms with Gasteiger partial charge in [-0.1, -0.05) is 23.8 Å². The van der Waals surface area contributed by atoms with Crippen molar-refractivity contribution in [2.24, 2.45) is 0 Å². The van der Waals surface area contributed by atoms with Gasteiger partial charge in [0.05, 0.1) is 18.8 Å². The number of carbonyl (C=O) groups is 2. The van der Waals surface area contributed by atoms with Crippen LogP contribution in [0.1, 0.15) is 17.4 Å². The number of thiophene rings is 1. The molecule has 0 spiro atoms. The number of thioether (sulfide) groups is 1. The third-order valence-corrected chi connectivity index (χ3v) is 5.37. The molecule has 0 bridgehead atoms. The van der Waals surface area contributed by atoms with Crippen molar-refractivity contribution in [3.05, 3.63) is 52.2 Å². The lowest BCUT2D eigenvalue weighted by Gasteiger charge is -2.20. The number of aryl methyl sites for hydroxylation is 1. The summed E-state index contributed by atoms with van der Waals surface area (Å²) in [7, 11) is 0. The van der Waals surface area contributed by atoms with Gasteiger partial charge in [0.15, 0.2) is 0 Å². The highest BCUT2D eigenvalue weighted by Crippen LogP contribution is 2.18. The Hall–Kier alpha value is -1.79. The zero-order valence-electron chi connectivity index (χ0n) is 14.0. The number of amides is 2. The van der Waals surface area contributed by atoms with Crippen molar-refractivity contribution < 1.29 is 9.59 Å². The minimum Gasteiger partial charge on any atom is -0.350 e. The van der Waals surface area contributed by atoms with Gasteiger partial charge >= 0.3 is 0 Å². The second-order valence-electron chi connectivity index (χ2n) is 5.37. The molecule has 24 heavy (non-hydrogen) atoms. The van der Waals surface area contributed by atoms with Crippen LogP contribution in [0.3, 0.4) is 0 Å². The van der Waals surface area contributed by atoms with Crippen LogP contribution in [0.2, 0.25) is 0 Å². The molecule has 1 aromatic carbocycles. The van der Waals surface area contributed by atoms with E-state index in [1.807, 2.05) is 55.6 Å². The third kappa shape index (κ3) is 6.02. The summed E-state index contributed by atoms with van der Waals surface area (Å²) in [6.45, 7) is 5.07. The van der Waals surface area contributed by atoms with Gasteiger partial charge in [-0.2, -0.15) is 0 Å². The monoisotopic (exact) mass is 362 g/mol. The fourth-order valence-electron chi connectivity index (χ4n) is 2.08. The summed E-state index contributed by atoms with van der Waals surface area (Å²) in [5.41, 5.74) is 1.20. The molecule has 2 amide bonds. The smallest absolute Gasteiger partial charge is 0.239 e. The average Bonchev–Trinajstić information content (AvgIpc) is 3.10. The average molecular weight is 363 g/mol. The van der Waals surface area contributed by atoms with Crippen molar-refractivity contribution in [3.63, 3.8) is 0 Å². The number of nitrogens with one attached hydrogen (secondary N) is 1. The van der Waals surface area contributed by atoms with E-state index in [9.17, 15) is 9.59 Å². The summed E-state index contributed by atoms with van der Waals surface area (Å²) in [5.74, 6) is 0.197. The molecular formula is C18H22N2O2S2. The number of nitrogens with zero attached hydrogens (tertiary/aromatic N) is 1. The first-order valence-corrected chi connectivity index (χ1v) is 9.71. The van der Waals surface area contributed by atoms with E-state index in [4.69, 9.17) is 0 Å². The molecule has 0 aliphatic carbocycles. The zero-order chi connectivity index (χ0) is 17.4. The summed E-state index contributed by atoms with van der Waals surface area (Å²) >= 11 is 3.10. The van der Waals surface area contributed by atoms with Gasteiger partial charge in [-0.05, 0) is 37.4 Å². The lowest BCUT2D eigenvalue weighted by molar-refractivity contribution is -0.133. The molecule has 2 rings (SSSR count). The molecule has 0 saturated heterocycles. The van der Waals surface area contributed by atoms with Crippen LogP contribution in [0.5, 0.6) is 0 Å². The van der Waals surface area contributed by atoms with Gasteiger partial charge in [0, 0.05) is 16.3 Å². The molecule has 128 valence electrons. The lowest BCUT2D eigenvalue weighted by Crippen LogP contribution is -2.41. The van der Waals surface area contributed by atoms with Crippen LogP contribution in [0.15, 0.2) is 46.7 Å². The molecule has 1 N–H and O–H groups in total. The maximum atomic E-state index is 12.3. The van der Waals surface area contributed by atoms with Crippen LogP contribution < -0.4 is 5.32 Å². The quantitative estimate of drug-likeness (QED) is 0.733. The largest absolute Gasteiger partial charge is 0.350 e. The predicted octanol–water partition coefficient (Wildman–Crippen LogP) is 3.31. The highest BCUT2D eigenvalue weighted by Gasteiger charge is 2.15. The number of rotatable bonds is 8. The maximum Gasteiger partial charge on any atom is 0.239 e. The lowest BCUT2D eigenvalue weighted by atomic mass is 10.2. The summed E-state index contributed by atoms with van der Waals surface area (Å²) in [6.07, 6.45) is 0. The van der Waals surface area contributed by atoms with Gasteiger partial charge in [-0.3, -0.25) is 9.59 Å². The Morgan fingerprint density at radius 3 is 2.58 bits per heavy atom. The van der Waals surface area contributed by atoms with E-state index in [0.717, 1.165) is 9.77 Å². The maximum absolute atomic E-state index is 12.3. The Balaban J connectivity index is 1.77. The van der Waals surface area contributed by atoms with Crippen LogP contribution in [0, 0.1) is 6.92 Å². The van der Waals surface area contributed by atoms with Crippen LogP contribution in [-0.4, -0.2) is 35.6 Å². The fourth-order valence-corrected chi connectivity index (χ4v) is 3.52. The third-order valence-electron chi connectivity index (χ3n) is 3.49. The minimum absolute atomic E-state index is 0.0191. The predicted molar refractivity (Wildman–Crippen MR) is 100 cm³/mol. The molecule has 0 radical (unpaired) electrons. The van der Waals surface area contributed by atoms with Gasteiger partial charge in [-0.25, -0.2) is 0 Å². The van der Waals surface area contributed by atoms with E-state index in [0.29, 0.717) is 18.8 Å². The summed E-state index contributed by atoms with van der Waals surface area (Å²) in [5, 5.41) is 4.83. The van der Waals surface area contributed by atoms with Crippen LogP contribution in [0.25, 0.3) is 0 Å². The highest BCUT2D eigenvalue weighted by molar-refractivity contribution is 8.00. The zero-order valence-corrected chi connectivity index (χ0v) is 15.6. The number of likely N-dealkylation sites (N-methyl/N-ethyl adjacent to an activating group) is 1. The van der Waals surface area contributed by atoms with E-state index >= 15 is 0 Å². The van der Waals surface area contributed by atoms with Gasteiger partial charge in [0.1, 0.15) is 0 Å². The van der Waals surface area contributed by atoms with Crippen molar-refractivity contribution in [3.8, 4) is 0 Å². The molecule has 0 saturated carbocycles. The van der Waals surface area contributed by atoms with E-state index in [1.54, 1.807) is 16.2 Å². The standard InChI is InChI=1S/C18H22N2O2S2/c1-3-20(12-17(21)19-11-16-5-4-10-23-16)18(22)13-24-15-8-6-14(2)7-9-15/h4-10H,3,11-13H2,1-2H3,(H,19,21). The SMILES string of the molecule is CCN(CC(=O)NCc1cccs1)C(=O)CSc1ccc(C)cc1. The summed E-state index contributed by atoms with van der Waals surface area (Å²) in [4.78, 5) is 28.1. The first-order chi connectivity index (χ1) is 11.6. The summed E-state index contributed by atoms with van der Waals surface area (Å²) in [6, 6.07) is 12.0. The molecule has 6 heteroatoms. The number of benzene rings is 1. The Morgan fingerprint density at radius 2 is 1.96 bits per heavy atom. The number of hydrogen-bond donors (Lipinski definition) is 1. The van der Waals surface area contributed by atoms with E-state index < -0.39 is 0 Å². The van der Waals surface area contributed by atoms with Gasteiger partial charge < -0.3 is 10.2 Å². The van der Waals surface area contributed by atoms with Crippen LogP contribution >= 0.6 is 23.1 Å². The molecule has 0 aliphatic rings. The first kappa shape index (κ1) is 18.5. The fraction of sp³-hybridized carbons (Fsp3) is 0.333. The van der Waals surface area contributed by atoms with E-state index in [-0.39, 0.29) is 18.4 Å². The Morgan fingerprint density at radius 1 is 1.21 bits per heavy atom. The Bertz CT molecular complexity index is 654. The Kier molecular flexibility index (Phi) is 7.34. The molecule has 0 aliphatic heterocycles. The molecular weight excluding hydrogens is 340 g/mol. The van der Waals surface area contributed by atoms with E-state index in [2.05, 4.69) is 5.32 Å². The molecule has 0 fully saturated rings. The topological polar surface area (TPSA) is 49.4 Å². The number of hydrogen-bond acceptors (Lipinski definition) is 4. The normalized spacial score (nSPS) is 10.4. The summed E-state index contributed by atoms with van der Waals surface area (Å²) < 4.78 is 0. The molecule has 0 unspecified atom stereocenters. The molecule has 4 nitrogen and oxygen atoms in total. The van der Waals surface area contributed by atoms with Crippen molar-refractivity contribution >= 4 is 34.9 Å². The van der Waals surface area contributed by atoms with Gasteiger partial charge in [0.25, 0.3) is 0 Å². The molecule has 1 heterocycles. The number of carbonyl (C=O) groups excluding carboxylic acids is 2. The molecule has 2 aromatic rings. The minimum atomic E-state index is -0.126. The van der Waals surface area contributed by atoms with Crippen molar-refractivity contribution in [1.82, 2.24) is 10.2 Å². The van der Waals surface area contributed by atoms with Gasteiger partial charge in [-0.15, -0.1) is 23.1 Å². The van der Waals surface area contributed by atoms with E-state index in [1.165, 1.54) is 17.3 Å². The van der Waals surface area contributed by atoms with Crippen LogP contribution in [0.4, 0.5) is 0 Å². The first-order valence-electron chi connectivity index (χ1n) is 7.84. The Labute approximate surface area is 151 Å². The molecule has 0 atom stereocenters. The van der Waals surface area contributed by atoms with Crippen LogP contribution in [-0.2, 0) is 16.1 Å². The highest BCUT2D eigenvalue weighted by atomic mass is 32.2. The molecule has 1 aromatic heterocycles. The van der Waals surface area contributed by atoms with Crippen molar-refractivity contribution in [2.45, 2.75) is 25.3 Å². The van der Waals surface area contributed by atoms with Crippen molar-refractivity contribution in [1.29, 1.82) is 0 Å². The second-order valence-corrected chi connectivity index (χ2v) is 7.45. The van der Waals surface area contributed by atoms with Crippen molar-refractivity contribution in [2.75, 3.05) is 18.8 Å².